The van der Waals surface area contributed by atoms with Gasteiger partial charge in [0.25, 0.3) is 5.91 Å². The van der Waals surface area contributed by atoms with Gasteiger partial charge in [0.1, 0.15) is 6.26 Å². The molecule has 0 saturated carbocycles. The molecule has 1 amide bonds. The van der Waals surface area contributed by atoms with E-state index in [1.54, 1.807) is 6.26 Å². The van der Waals surface area contributed by atoms with E-state index in [2.05, 4.69) is 10.3 Å². The molecule has 0 spiro atoms. The SMILES string of the molecule is O=C(c1coc(C2CCCNC2)n1)N1CCCCCCC1. The van der Waals surface area contributed by atoms with E-state index in [-0.39, 0.29) is 5.91 Å². The summed E-state index contributed by atoms with van der Waals surface area (Å²) in [5.74, 6) is 1.07. The van der Waals surface area contributed by atoms with Crippen molar-refractivity contribution in [1.82, 2.24) is 15.2 Å². The molecule has 1 N–H and O–H groups in total. The quantitative estimate of drug-likeness (QED) is 0.909. The van der Waals surface area contributed by atoms with Gasteiger partial charge in [0, 0.05) is 25.6 Å². The van der Waals surface area contributed by atoms with Crippen molar-refractivity contribution < 1.29 is 9.21 Å². The van der Waals surface area contributed by atoms with E-state index >= 15 is 0 Å². The van der Waals surface area contributed by atoms with Crippen LogP contribution in [0.4, 0.5) is 0 Å². The zero-order chi connectivity index (χ0) is 14.5. The molecule has 2 aliphatic rings. The van der Waals surface area contributed by atoms with Crippen LogP contribution in [0.25, 0.3) is 0 Å². The average molecular weight is 291 g/mol. The third kappa shape index (κ3) is 3.64. The highest BCUT2D eigenvalue weighted by atomic mass is 16.3. The standard InChI is InChI=1S/C16H25N3O2/c20-16(19-9-4-2-1-3-5-10-19)14-12-21-15(18-14)13-7-6-8-17-11-13/h12-13,17H,1-11H2. The summed E-state index contributed by atoms with van der Waals surface area (Å²) in [7, 11) is 0. The summed E-state index contributed by atoms with van der Waals surface area (Å²) in [6, 6.07) is 0. The Morgan fingerprint density at radius 1 is 1.19 bits per heavy atom. The highest BCUT2D eigenvalue weighted by molar-refractivity contribution is 5.92. The second kappa shape index (κ2) is 7.07. The molecule has 5 heteroatoms. The predicted molar refractivity (Wildman–Crippen MR) is 80.3 cm³/mol. The molecule has 1 unspecified atom stereocenters. The van der Waals surface area contributed by atoms with Crippen molar-refractivity contribution in [2.75, 3.05) is 26.2 Å². The van der Waals surface area contributed by atoms with Crippen molar-refractivity contribution in [2.24, 2.45) is 0 Å². The number of piperidine rings is 1. The normalized spacial score (nSPS) is 24.4. The molecule has 116 valence electrons. The van der Waals surface area contributed by atoms with Crippen molar-refractivity contribution in [3.8, 4) is 0 Å². The fourth-order valence-electron chi connectivity index (χ4n) is 3.25. The molecule has 0 radical (unpaired) electrons. The van der Waals surface area contributed by atoms with Gasteiger partial charge in [-0.3, -0.25) is 4.79 Å². The van der Waals surface area contributed by atoms with E-state index in [1.165, 1.54) is 19.3 Å². The lowest BCUT2D eigenvalue weighted by atomic mass is 10.00. The zero-order valence-electron chi connectivity index (χ0n) is 12.6. The molecule has 2 fully saturated rings. The van der Waals surface area contributed by atoms with Crippen LogP contribution >= 0.6 is 0 Å². The molecular weight excluding hydrogens is 266 g/mol. The summed E-state index contributed by atoms with van der Waals surface area (Å²) in [6.45, 7) is 3.67. The minimum absolute atomic E-state index is 0.0377. The first kappa shape index (κ1) is 14.6. The third-order valence-electron chi connectivity index (χ3n) is 4.53. The first-order valence-electron chi connectivity index (χ1n) is 8.30. The van der Waals surface area contributed by atoms with Crippen LogP contribution in [0.2, 0.25) is 0 Å². The fourth-order valence-corrected chi connectivity index (χ4v) is 3.25. The van der Waals surface area contributed by atoms with Gasteiger partial charge in [0.05, 0.1) is 0 Å². The van der Waals surface area contributed by atoms with E-state index in [4.69, 9.17) is 4.42 Å². The largest absolute Gasteiger partial charge is 0.448 e. The molecule has 1 atom stereocenters. The van der Waals surface area contributed by atoms with E-state index in [0.29, 0.717) is 11.6 Å². The molecule has 0 aliphatic carbocycles. The van der Waals surface area contributed by atoms with Crippen LogP contribution in [0.5, 0.6) is 0 Å². The maximum absolute atomic E-state index is 12.5. The summed E-state index contributed by atoms with van der Waals surface area (Å²) in [6.07, 6.45) is 9.72. The van der Waals surface area contributed by atoms with Gasteiger partial charge in [-0.2, -0.15) is 0 Å². The number of carbonyl (C=O) groups is 1. The summed E-state index contributed by atoms with van der Waals surface area (Å²) in [5.41, 5.74) is 0.483. The van der Waals surface area contributed by atoms with Crippen LogP contribution in [0.3, 0.4) is 0 Å². The van der Waals surface area contributed by atoms with Crippen LogP contribution in [0.1, 0.15) is 67.2 Å². The molecule has 21 heavy (non-hydrogen) atoms. The van der Waals surface area contributed by atoms with Gasteiger partial charge < -0.3 is 14.6 Å². The Balaban J connectivity index is 1.65. The summed E-state index contributed by atoms with van der Waals surface area (Å²) < 4.78 is 5.57. The van der Waals surface area contributed by atoms with Gasteiger partial charge in [-0.05, 0) is 32.2 Å². The lowest BCUT2D eigenvalue weighted by Crippen LogP contribution is -2.34. The second-order valence-corrected chi connectivity index (χ2v) is 6.17. The van der Waals surface area contributed by atoms with E-state index in [1.807, 2.05) is 4.90 Å². The Kier molecular flexibility index (Phi) is 4.91. The first-order valence-corrected chi connectivity index (χ1v) is 8.30. The molecule has 2 saturated heterocycles. The molecule has 2 aliphatic heterocycles. The molecule has 3 heterocycles. The second-order valence-electron chi connectivity index (χ2n) is 6.17. The molecule has 5 nitrogen and oxygen atoms in total. The highest BCUT2D eigenvalue weighted by Gasteiger charge is 2.24. The number of amides is 1. The molecule has 1 aromatic rings. The van der Waals surface area contributed by atoms with Crippen molar-refractivity contribution in [2.45, 2.75) is 50.9 Å². The first-order chi connectivity index (χ1) is 10.3. The number of nitrogens with one attached hydrogen (secondary N) is 1. The number of hydrogen-bond donors (Lipinski definition) is 1. The lowest BCUT2D eigenvalue weighted by Gasteiger charge is -2.23. The zero-order valence-corrected chi connectivity index (χ0v) is 12.6. The third-order valence-corrected chi connectivity index (χ3v) is 4.53. The smallest absolute Gasteiger partial charge is 0.275 e. The number of aromatic nitrogens is 1. The van der Waals surface area contributed by atoms with Crippen LogP contribution in [-0.2, 0) is 0 Å². The van der Waals surface area contributed by atoms with Crippen molar-refractivity contribution in [1.29, 1.82) is 0 Å². The molecule has 0 bridgehead atoms. The summed E-state index contributed by atoms with van der Waals surface area (Å²) in [4.78, 5) is 19.0. The number of oxazole rings is 1. The number of rotatable bonds is 2. The fraction of sp³-hybridized carbons (Fsp3) is 0.750. The number of hydrogen-bond acceptors (Lipinski definition) is 4. The number of nitrogens with zero attached hydrogens (tertiary/aromatic N) is 2. The minimum Gasteiger partial charge on any atom is -0.448 e. The molecule has 0 aromatic carbocycles. The van der Waals surface area contributed by atoms with Gasteiger partial charge >= 0.3 is 0 Å². The van der Waals surface area contributed by atoms with Crippen molar-refractivity contribution in [3.05, 3.63) is 17.8 Å². The van der Waals surface area contributed by atoms with Crippen LogP contribution in [-0.4, -0.2) is 42.0 Å². The number of carbonyl (C=O) groups excluding carboxylic acids is 1. The topological polar surface area (TPSA) is 58.4 Å². The molecule has 1 aromatic heterocycles. The maximum atomic E-state index is 12.5. The van der Waals surface area contributed by atoms with Crippen LogP contribution < -0.4 is 5.32 Å². The van der Waals surface area contributed by atoms with Gasteiger partial charge in [-0.1, -0.05) is 19.3 Å². The van der Waals surface area contributed by atoms with Gasteiger partial charge in [-0.15, -0.1) is 0 Å². The summed E-state index contributed by atoms with van der Waals surface area (Å²) in [5, 5.41) is 3.36. The monoisotopic (exact) mass is 291 g/mol. The number of likely N-dealkylation sites (tertiary alicyclic amines) is 1. The Hall–Kier alpha value is -1.36. The maximum Gasteiger partial charge on any atom is 0.275 e. The van der Waals surface area contributed by atoms with Gasteiger partial charge in [-0.25, -0.2) is 4.98 Å². The Morgan fingerprint density at radius 3 is 2.67 bits per heavy atom. The molecular formula is C16H25N3O2. The van der Waals surface area contributed by atoms with Crippen molar-refractivity contribution >= 4 is 5.91 Å². The van der Waals surface area contributed by atoms with E-state index in [9.17, 15) is 4.79 Å². The Morgan fingerprint density at radius 2 is 1.95 bits per heavy atom. The average Bonchev–Trinajstić information content (AvgIpc) is 2.97. The van der Waals surface area contributed by atoms with Crippen molar-refractivity contribution in [3.63, 3.8) is 0 Å². The predicted octanol–water partition coefficient (Wildman–Crippen LogP) is 2.55. The van der Waals surface area contributed by atoms with Gasteiger partial charge in [0.2, 0.25) is 0 Å². The van der Waals surface area contributed by atoms with E-state index < -0.39 is 0 Å². The van der Waals surface area contributed by atoms with E-state index in [0.717, 1.165) is 57.8 Å². The van der Waals surface area contributed by atoms with Crippen LogP contribution in [0, 0.1) is 0 Å². The Labute approximate surface area is 126 Å². The van der Waals surface area contributed by atoms with Crippen LogP contribution in [0.15, 0.2) is 10.7 Å². The Bertz CT molecular complexity index is 458. The lowest BCUT2D eigenvalue weighted by molar-refractivity contribution is 0.0736. The minimum atomic E-state index is 0.0377. The molecule has 3 rings (SSSR count). The highest BCUT2D eigenvalue weighted by Crippen LogP contribution is 2.23. The summed E-state index contributed by atoms with van der Waals surface area (Å²) >= 11 is 0. The van der Waals surface area contributed by atoms with Gasteiger partial charge in [0.15, 0.2) is 11.6 Å².